The summed E-state index contributed by atoms with van der Waals surface area (Å²) in [6.07, 6.45) is 0. The Hall–Kier alpha value is -1.50. The van der Waals surface area contributed by atoms with E-state index in [1.54, 1.807) is 0 Å². The van der Waals surface area contributed by atoms with Crippen LogP contribution in [0.15, 0.2) is 24.3 Å². The predicted molar refractivity (Wildman–Crippen MR) is 83.9 cm³/mol. The molecular weight excluding hydrogens is 300 g/mol. The molecule has 0 aliphatic carbocycles. The van der Waals surface area contributed by atoms with E-state index in [9.17, 15) is 4.79 Å². The molecule has 0 bridgehead atoms. The Morgan fingerprint density at radius 3 is 2.59 bits per heavy atom. The summed E-state index contributed by atoms with van der Waals surface area (Å²) in [5.74, 6) is -0.500. The number of benzene rings is 1. The van der Waals surface area contributed by atoms with E-state index < -0.39 is 5.79 Å². The summed E-state index contributed by atoms with van der Waals surface area (Å²) in [4.78, 5) is 18.8. The average Bonchev–Trinajstić information content (AvgIpc) is 2.89. The molecule has 22 heavy (non-hydrogen) atoms. The first-order valence-electron chi connectivity index (χ1n) is 7.39. The lowest BCUT2D eigenvalue weighted by Gasteiger charge is -2.53. The second kappa shape index (κ2) is 4.75. The molecule has 3 heterocycles. The first-order chi connectivity index (χ1) is 10.5. The van der Waals surface area contributed by atoms with Crippen molar-refractivity contribution in [1.82, 2.24) is 9.88 Å². The minimum Gasteiger partial charge on any atom is -0.350 e. The van der Waals surface area contributed by atoms with E-state index >= 15 is 0 Å². The number of amides is 1. The molecule has 2 saturated heterocycles. The number of para-hydroxylation sites is 1. The monoisotopic (exact) mass is 318 g/mol. The van der Waals surface area contributed by atoms with Crippen LogP contribution in [-0.2, 0) is 9.47 Å². The average molecular weight is 318 g/mol. The van der Waals surface area contributed by atoms with Gasteiger partial charge in [-0.3, -0.25) is 4.79 Å². The number of ether oxygens (including phenoxy) is 2. The normalized spacial score (nSPS) is 22.7. The molecule has 6 heteroatoms. The lowest BCUT2D eigenvalue weighted by molar-refractivity contribution is -0.301. The maximum Gasteiger partial charge on any atom is 0.282 e. The van der Waals surface area contributed by atoms with E-state index in [4.69, 9.17) is 9.47 Å². The van der Waals surface area contributed by atoms with Gasteiger partial charge in [-0.05, 0) is 26.0 Å². The molecule has 1 spiro atoms. The van der Waals surface area contributed by atoms with Crippen molar-refractivity contribution in [1.29, 1.82) is 0 Å². The van der Waals surface area contributed by atoms with E-state index in [0.29, 0.717) is 31.3 Å². The van der Waals surface area contributed by atoms with Crippen molar-refractivity contribution < 1.29 is 14.3 Å². The van der Waals surface area contributed by atoms with Gasteiger partial charge in [0, 0.05) is 13.1 Å². The number of hydrogen-bond donors (Lipinski definition) is 0. The van der Waals surface area contributed by atoms with Crippen LogP contribution in [0.3, 0.4) is 0 Å². The minimum absolute atomic E-state index is 0.0108. The van der Waals surface area contributed by atoms with E-state index in [0.717, 1.165) is 10.2 Å². The maximum atomic E-state index is 12.5. The summed E-state index contributed by atoms with van der Waals surface area (Å²) in [5.41, 5.74) is 0.846. The number of nitrogens with zero attached hydrogens (tertiary/aromatic N) is 2. The lowest BCUT2D eigenvalue weighted by atomic mass is 9.80. The maximum absolute atomic E-state index is 12.5. The quantitative estimate of drug-likeness (QED) is 0.811. The second-order valence-corrected chi connectivity index (χ2v) is 7.66. The van der Waals surface area contributed by atoms with Crippen molar-refractivity contribution in [3.63, 3.8) is 0 Å². The zero-order chi connectivity index (χ0) is 15.4. The smallest absolute Gasteiger partial charge is 0.282 e. The van der Waals surface area contributed by atoms with Crippen LogP contribution in [0.2, 0.25) is 0 Å². The molecule has 4 rings (SSSR count). The highest BCUT2D eigenvalue weighted by Crippen LogP contribution is 2.38. The molecule has 0 atom stereocenters. The fourth-order valence-corrected chi connectivity index (χ4v) is 3.86. The molecule has 0 unspecified atom stereocenters. The van der Waals surface area contributed by atoms with Crippen LogP contribution in [0.5, 0.6) is 0 Å². The van der Waals surface area contributed by atoms with Crippen LogP contribution in [-0.4, -0.2) is 47.9 Å². The topological polar surface area (TPSA) is 51.7 Å². The van der Waals surface area contributed by atoms with Gasteiger partial charge in [-0.15, -0.1) is 11.3 Å². The fraction of sp³-hybridized carbons (Fsp3) is 0.500. The van der Waals surface area contributed by atoms with Crippen LogP contribution in [0.1, 0.15) is 23.6 Å². The van der Waals surface area contributed by atoms with Crippen LogP contribution >= 0.6 is 11.3 Å². The van der Waals surface area contributed by atoms with Gasteiger partial charge in [0.05, 0.1) is 28.8 Å². The first-order valence-corrected chi connectivity index (χ1v) is 8.21. The van der Waals surface area contributed by atoms with Crippen molar-refractivity contribution in [2.45, 2.75) is 19.6 Å². The number of fused-ring (bicyclic) bond motifs is 1. The van der Waals surface area contributed by atoms with Crippen molar-refractivity contribution in [2.75, 3.05) is 26.3 Å². The highest BCUT2D eigenvalue weighted by Gasteiger charge is 2.50. The van der Waals surface area contributed by atoms with Gasteiger partial charge in [-0.25, -0.2) is 4.98 Å². The molecule has 0 radical (unpaired) electrons. The summed E-state index contributed by atoms with van der Waals surface area (Å²) in [5, 5.41) is 0.564. The molecule has 116 valence electrons. The fourth-order valence-electron chi connectivity index (χ4n) is 2.93. The zero-order valence-electron chi connectivity index (χ0n) is 12.7. The molecule has 1 aromatic heterocycles. The highest BCUT2D eigenvalue weighted by molar-refractivity contribution is 7.20. The zero-order valence-corrected chi connectivity index (χ0v) is 13.5. The number of hydrogen-bond acceptors (Lipinski definition) is 5. The SMILES string of the molecule is CC1(C)OCC2(CO1)CN(C(=O)c1nc3ccccc3s1)C2. The van der Waals surface area contributed by atoms with Crippen molar-refractivity contribution in [3.8, 4) is 0 Å². The van der Waals surface area contributed by atoms with Gasteiger partial charge in [0.15, 0.2) is 10.8 Å². The third-order valence-corrected chi connectivity index (χ3v) is 5.29. The summed E-state index contributed by atoms with van der Waals surface area (Å²) < 4.78 is 12.5. The number of carbonyl (C=O) groups excluding carboxylic acids is 1. The van der Waals surface area contributed by atoms with Crippen molar-refractivity contribution in [3.05, 3.63) is 29.3 Å². The van der Waals surface area contributed by atoms with Crippen molar-refractivity contribution in [2.24, 2.45) is 5.41 Å². The van der Waals surface area contributed by atoms with E-state index in [2.05, 4.69) is 4.98 Å². The molecule has 5 nitrogen and oxygen atoms in total. The molecule has 2 fully saturated rings. The Morgan fingerprint density at radius 2 is 1.91 bits per heavy atom. The Kier molecular flexibility index (Phi) is 3.04. The van der Waals surface area contributed by atoms with Gasteiger partial charge in [-0.1, -0.05) is 12.1 Å². The number of thiazole rings is 1. The van der Waals surface area contributed by atoms with E-state index in [-0.39, 0.29) is 11.3 Å². The highest BCUT2D eigenvalue weighted by atomic mass is 32.1. The summed E-state index contributed by atoms with van der Waals surface area (Å²) in [7, 11) is 0. The largest absolute Gasteiger partial charge is 0.350 e. The van der Waals surface area contributed by atoms with Gasteiger partial charge < -0.3 is 14.4 Å². The molecule has 1 aromatic carbocycles. The van der Waals surface area contributed by atoms with E-state index in [1.807, 2.05) is 43.0 Å². The Morgan fingerprint density at radius 1 is 1.23 bits per heavy atom. The van der Waals surface area contributed by atoms with Crippen molar-refractivity contribution >= 4 is 27.5 Å². The molecular formula is C16H18N2O3S. The standard InChI is InChI=1S/C16H18N2O3S/c1-15(2)20-9-16(10-21-15)7-18(8-16)14(19)13-17-11-5-3-4-6-12(11)22-13/h3-6H,7-10H2,1-2H3. The van der Waals surface area contributed by atoms with Crippen LogP contribution < -0.4 is 0 Å². The first kappa shape index (κ1) is 14.1. The summed E-state index contributed by atoms with van der Waals surface area (Å²) in [6.45, 7) is 6.48. The molecule has 1 amide bonds. The Bertz CT molecular complexity index is 689. The summed E-state index contributed by atoms with van der Waals surface area (Å²) >= 11 is 1.45. The van der Waals surface area contributed by atoms with Gasteiger partial charge >= 0.3 is 0 Å². The third kappa shape index (κ3) is 2.31. The number of likely N-dealkylation sites (tertiary alicyclic amines) is 1. The second-order valence-electron chi connectivity index (χ2n) is 6.63. The predicted octanol–water partition coefficient (Wildman–Crippen LogP) is 2.52. The number of carbonyl (C=O) groups is 1. The van der Waals surface area contributed by atoms with Gasteiger partial charge in [0.1, 0.15) is 0 Å². The Labute approximate surface area is 132 Å². The third-order valence-electron chi connectivity index (χ3n) is 4.27. The number of rotatable bonds is 1. The number of aromatic nitrogens is 1. The molecule has 0 saturated carbocycles. The lowest BCUT2D eigenvalue weighted by Crippen LogP contribution is -2.65. The summed E-state index contributed by atoms with van der Waals surface area (Å²) in [6, 6.07) is 7.83. The minimum atomic E-state index is -0.511. The molecule has 2 aliphatic rings. The van der Waals surface area contributed by atoms with Gasteiger partial charge in [0.25, 0.3) is 5.91 Å². The van der Waals surface area contributed by atoms with Crippen LogP contribution in [0, 0.1) is 5.41 Å². The molecule has 2 aromatic rings. The molecule has 2 aliphatic heterocycles. The molecule has 0 N–H and O–H groups in total. The van der Waals surface area contributed by atoms with Crippen LogP contribution in [0.25, 0.3) is 10.2 Å². The van der Waals surface area contributed by atoms with Gasteiger partial charge in [0.2, 0.25) is 0 Å². The van der Waals surface area contributed by atoms with Gasteiger partial charge in [-0.2, -0.15) is 0 Å². The van der Waals surface area contributed by atoms with E-state index in [1.165, 1.54) is 11.3 Å². The van der Waals surface area contributed by atoms with Crippen LogP contribution in [0.4, 0.5) is 0 Å². The Balaban J connectivity index is 1.45.